The zero-order valence-corrected chi connectivity index (χ0v) is 23.4. The molecule has 41 heavy (non-hydrogen) atoms. The third kappa shape index (κ3) is 3.69. The Morgan fingerprint density at radius 3 is 1.76 bits per heavy atom. The smallest absolute Gasteiger partial charge is 0.0541 e. The molecule has 8 rings (SSSR count). The van der Waals surface area contributed by atoms with Gasteiger partial charge in [-0.05, 0) is 75.2 Å². The molecule has 0 atom stereocenters. The van der Waals surface area contributed by atoms with E-state index in [9.17, 15) is 0 Å². The van der Waals surface area contributed by atoms with E-state index in [1.165, 1.54) is 72.0 Å². The van der Waals surface area contributed by atoms with E-state index in [2.05, 4.69) is 158 Å². The number of para-hydroxylation sites is 2. The second-order valence-corrected chi connectivity index (χ2v) is 11.8. The van der Waals surface area contributed by atoms with Gasteiger partial charge in [-0.15, -0.1) is 0 Å². The molecule has 1 aliphatic rings. The normalized spacial score (nSPS) is 13.4. The van der Waals surface area contributed by atoms with Crippen molar-refractivity contribution in [1.29, 1.82) is 0 Å². The van der Waals surface area contributed by atoms with Crippen LogP contribution in [0.5, 0.6) is 0 Å². The maximum Gasteiger partial charge on any atom is 0.0541 e. The van der Waals surface area contributed by atoms with E-state index in [4.69, 9.17) is 0 Å². The molecule has 1 heteroatoms. The first-order chi connectivity index (χ1) is 20.1. The lowest BCUT2D eigenvalue weighted by atomic mass is 9.82. The number of fused-ring (bicyclic) bond motifs is 6. The third-order valence-corrected chi connectivity index (χ3v) is 9.08. The van der Waals surface area contributed by atoms with Gasteiger partial charge in [0.15, 0.2) is 0 Å². The summed E-state index contributed by atoms with van der Waals surface area (Å²) in [5.74, 6) is 0. The average molecular weight is 526 g/mol. The van der Waals surface area contributed by atoms with E-state index in [0.29, 0.717) is 0 Å². The summed E-state index contributed by atoms with van der Waals surface area (Å²) in [4.78, 5) is 0. The molecule has 1 heterocycles. The largest absolute Gasteiger partial charge is 0.309 e. The summed E-state index contributed by atoms with van der Waals surface area (Å²) < 4.78 is 2.37. The average Bonchev–Trinajstić information content (AvgIpc) is 3.48. The van der Waals surface area contributed by atoms with Crippen LogP contribution in [0.25, 0.3) is 49.7 Å². The number of hydrogen-bond acceptors (Lipinski definition) is 0. The highest BCUT2D eigenvalue weighted by Gasteiger charge is 2.36. The molecule has 1 nitrogen and oxygen atoms in total. The van der Waals surface area contributed by atoms with Crippen LogP contribution in [0.3, 0.4) is 0 Å². The molecule has 0 unspecified atom stereocenters. The maximum absolute atomic E-state index is 2.37. The summed E-state index contributed by atoms with van der Waals surface area (Å²) >= 11 is 0. The fourth-order valence-electron chi connectivity index (χ4n) is 7.02. The first-order valence-electron chi connectivity index (χ1n) is 14.5. The monoisotopic (exact) mass is 525 g/mol. The summed E-state index contributed by atoms with van der Waals surface area (Å²) in [6.45, 7) is 4.70. The van der Waals surface area contributed by atoms with Crippen molar-refractivity contribution in [2.75, 3.05) is 0 Å². The summed E-state index contributed by atoms with van der Waals surface area (Å²) in [7, 11) is 0. The van der Waals surface area contributed by atoms with Gasteiger partial charge in [-0.1, -0.05) is 129 Å². The molecule has 196 valence electrons. The predicted octanol–water partition coefficient (Wildman–Crippen LogP) is 10.3. The van der Waals surface area contributed by atoms with Gasteiger partial charge in [0, 0.05) is 21.9 Å². The highest BCUT2D eigenvalue weighted by Crippen LogP contribution is 2.50. The molecule has 1 aliphatic carbocycles. The number of aromatic nitrogens is 1. The Morgan fingerprint density at radius 2 is 1.07 bits per heavy atom. The lowest BCUT2D eigenvalue weighted by molar-refractivity contribution is 0.660. The molecule has 0 saturated carbocycles. The molecule has 0 bridgehead atoms. The van der Waals surface area contributed by atoms with Crippen LogP contribution in [0.1, 0.15) is 36.1 Å². The summed E-state index contributed by atoms with van der Waals surface area (Å²) in [5.41, 5.74) is 14.6. The minimum absolute atomic E-state index is 0.0389. The van der Waals surface area contributed by atoms with Crippen molar-refractivity contribution in [1.82, 2.24) is 4.57 Å². The number of nitrogens with zero attached hydrogens (tertiary/aromatic N) is 1. The SMILES string of the molecule is CC1(C)c2ccccc2-c2c(Cc3ccc(-c4ccc(-n5c6ccccc6c6ccccc65)cc4)cc3)cccc21. The second-order valence-electron chi connectivity index (χ2n) is 11.8. The molecule has 0 aliphatic heterocycles. The minimum Gasteiger partial charge on any atom is -0.309 e. The molecule has 0 N–H and O–H groups in total. The fourth-order valence-corrected chi connectivity index (χ4v) is 7.02. The molecule has 0 spiro atoms. The van der Waals surface area contributed by atoms with E-state index in [1.54, 1.807) is 0 Å². The van der Waals surface area contributed by atoms with Gasteiger partial charge in [0.05, 0.1) is 11.0 Å². The number of benzene rings is 6. The Bertz CT molecular complexity index is 2020. The standard InChI is InChI=1S/C40H31N/c1-40(2)35-14-6-3-13-34(35)39-30(10-9-15-36(39)40)26-27-18-20-28(21-19-27)29-22-24-31(25-23-29)41-37-16-7-4-11-32(37)33-12-5-8-17-38(33)41/h3-25H,26H2,1-2H3. The maximum atomic E-state index is 2.37. The Morgan fingerprint density at radius 1 is 0.512 bits per heavy atom. The third-order valence-electron chi connectivity index (χ3n) is 9.08. The van der Waals surface area contributed by atoms with Crippen LogP contribution >= 0.6 is 0 Å². The van der Waals surface area contributed by atoms with Gasteiger partial charge < -0.3 is 4.57 Å². The lowest BCUT2D eigenvalue weighted by Gasteiger charge is -2.21. The number of rotatable bonds is 4. The van der Waals surface area contributed by atoms with E-state index < -0.39 is 0 Å². The van der Waals surface area contributed by atoms with Gasteiger partial charge in [0.25, 0.3) is 0 Å². The van der Waals surface area contributed by atoms with Crippen molar-refractivity contribution in [2.45, 2.75) is 25.7 Å². The van der Waals surface area contributed by atoms with Crippen molar-refractivity contribution in [3.63, 3.8) is 0 Å². The first-order valence-corrected chi connectivity index (χ1v) is 14.5. The lowest BCUT2D eigenvalue weighted by Crippen LogP contribution is -2.14. The molecule has 1 aromatic heterocycles. The number of hydrogen-bond donors (Lipinski definition) is 0. The van der Waals surface area contributed by atoms with Gasteiger partial charge in [-0.3, -0.25) is 0 Å². The molecule has 0 saturated heterocycles. The van der Waals surface area contributed by atoms with Gasteiger partial charge in [0.2, 0.25) is 0 Å². The van der Waals surface area contributed by atoms with E-state index in [-0.39, 0.29) is 5.41 Å². The van der Waals surface area contributed by atoms with Crippen LogP contribution in [0.15, 0.2) is 140 Å². The van der Waals surface area contributed by atoms with Crippen LogP contribution in [0.4, 0.5) is 0 Å². The van der Waals surface area contributed by atoms with Crippen molar-refractivity contribution in [3.05, 3.63) is 162 Å². The van der Waals surface area contributed by atoms with E-state index >= 15 is 0 Å². The van der Waals surface area contributed by atoms with Crippen LogP contribution < -0.4 is 0 Å². The molecule has 6 aromatic carbocycles. The Hall–Kier alpha value is -4.88. The summed E-state index contributed by atoms with van der Waals surface area (Å²) in [6, 6.07) is 51.2. The Labute approximate surface area is 241 Å². The summed E-state index contributed by atoms with van der Waals surface area (Å²) in [5, 5.41) is 2.58. The zero-order chi connectivity index (χ0) is 27.6. The highest BCUT2D eigenvalue weighted by molar-refractivity contribution is 6.09. The fraction of sp³-hybridized carbons (Fsp3) is 0.100. The Kier molecular flexibility index (Phi) is 5.30. The minimum atomic E-state index is 0.0389. The Balaban J connectivity index is 1.10. The molecule has 0 radical (unpaired) electrons. The quantitative estimate of drug-likeness (QED) is 0.215. The van der Waals surface area contributed by atoms with Crippen molar-refractivity contribution in [2.24, 2.45) is 0 Å². The predicted molar refractivity (Wildman–Crippen MR) is 173 cm³/mol. The topological polar surface area (TPSA) is 4.93 Å². The van der Waals surface area contributed by atoms with Crippen molar-refractivity contribution >= 4 is 21.8 Å². The van der Waals surface area contributed by atoms with E-state index in [1.807, 2.05) is 0 Å². The molecule has 7 aromatic rings. The van der Waals surface area contributed by atoms with Gasteiger partial charge >= 0.3 is 0 Å². The van der Waals surface area contributed by atoms with Crippen LogP contribution in [-0.2, 0) is 11.8 Å². The molecule has 0 fully saturated rings. The van der Waals surface area contributed by atoms with E-state index in [0.717, 1.165) is 6.42 Å². The zero-order valence-electron chi connectivity index (χ0n) is 23.4. The van der Waals surface area contributed by atoms with Crippen LogP contribution in [0.2, 0.25) is 0 Å². The van der Waals surface area contributed by atoms with Crippen LogP contribution in [-0.4, -0.2) is 4.57 Å². The second kappa shape index (κ2) is 9.08. The van der Waals surface area contributed by atoms with Gasteiger partial charge in [-0.2, -0.15) is 0 Å². The van der Waals surface area contributed by atoms with Gasteiger partial charge in [0.1, 0.15) is 0 Å². The van der Waals surface area contributed by atoms with Crippen molar-refractivity contribution < 1.29 is 0 Å². The summed E-state index contributed by atoms with van der Waals surface area (Å²) in [6.07, 6.45) is 0.931. The first kappa shape index (κ1) is 24.0. The van der Waals surface area contributed by atoms with Crippen molar-refractivity contribution in [3.8, 4) is 27.9 Å². The molecular weight excluding hydrogens is 494 g/mol. The molecular formula is C40H31N. The van der Waals surface area contributed by atoms with Gasteiger partial charge in [-0.25, -0.2) is 0 Å². The highest BCUT2D eigenvalue weighted by atomic mass is 15.0. The molecule has 0 amide bonds. The van der Waals surface area contributed by atoms with Crippen LogP contribution in [0, 0.1) is 0 Å².